The van der Waals surface area contributed by atoms with Gasteiger partial charge in [0.05, 0.1) is 18.1 Å². The number of benzene rings is 1. The molecule has 8 nitrogen and oxygen atoms in total. The van der Waals surface area contributed by atoms with E-state index in [0.29, 0.717) is 30.8 Å². The Morgan fingerprint density at radius 3 is 2.60 bits per heavy atom. The summed E-state index contributed by atoms with van der Waals surface area (Å²) in [5.41, 5.74) is 1.18. The van der Waals surface area contributed by atoms with Gasteiger partial charge in [-0.3, -0.25) is 19.3 Å². The summed E-state index contributed by atoms with van der Waals surface area (Å²) in [5, 5.41) is 0. The number of esters is 1. The van der Waals surface area contributed by atoms with Crippen LogP contribution in [0.15, 0.2) is 76.4 Å². The largest absolute Gasteiger partial charge is 0.465 e. The number of allylic oxidation sites excluding steroid dienone is 2. The second-order valence-corrected chi connectivity index (χ2v) is 8.45. The first-order valence-corrected chi connectivity index (χ1v) is 12.1. The van der Waals surface area contributed by atoms with Crippen LogP contribution in [0.3, 0.4) is 0 Å². The van der Waals surface area contributed by atoms with E-state index < -0.39 is 24.0 Å². The van der Waals surface area contributed by atoms with Crippen LogP contribution in [-0.4, -0.2) is 58.6 Å². The van der Waals surface area contributed by atoms with Crippen molar-refractivity contribution in [3.63, 3.8) is 0 Å². The second-order valence-electron chi connectivity index (χ2n) is 8.45. The average Bonchev–Trinajstić information content (AvgIpc) is 2.87. The van der Waals surface area contributed by atoms with Crippen molar-refractivity contribution in [1.82, 2.24) is 9.80 Å². The molecule has 4 rings (SSSR count). The predicted octanol–water partition coefficient (Wildman–Crippen LogP) is 3.59. The SMILES string of the molecule is CCCN1C2=NC3C=CC=CN3C(=O)C2=CC(C(=O)OCC)C1=NC(=O)C(CC)c1ccccc1. The summed E-state index contributed by atoms with van der Waals surface area (Å²) in [7, 11) is 0. The first-order valence-electron chi connectivity index (χ1n) is 12.1. The smallest absolute Gasteiger partial charge is 0.320 e. The number of fused-ring (bicyclic) bond motifs is 2. The van der Waals surface area contributed by atoms with E-state index in [1.54, 1.807) is 30.2 Å². The lowest BCUT2D eigenvalue weighted by atomic mass is 9.93. The average molecular weight is 475 g/mol. The Hall–Kier alpha value is -3.81. The Bertz CT molecular complexity index is 1150. The normalized spacial score (nSPS) is 22.8. The molecule has 3 unspecified atom stereocenters. The molecule has 3 heterocycles. The van der Waals surface area contributed by atoms with Crippen LogP contribution in [0.25, 0.3) is 0 Å². The van der Waals surface area contributed by atoms with E-state index in [1.165, 1.54) is 4.90 Å². The Kier molecular flexibility index (Phi) is 7.39. The highest BCUT2D eigenvalue weighted by Crippen LogP contribution is 2.31. The van der Waals surface area contributed by atoms with E-state index in [2.05, 4.69) is 4.99 Å². The van der Waals surface area contributed by atoms with Gasteiger partial charge in [-0.1, -0.05) is 50.3 Å². The number of rotatable bonds is 7. The van der Waals surface area contributed by atoms with Crippen molar-refractivity contribution in [2.45, 2.75) is 45.7 Å². The van der Waals surface area contributed by atoms with Gasteiger partial charge in [0, 0.05) is 12.7 Å². The van der Waals surface area contributed by atoms with Gasteiger partial charge in [-0.2, -0.15) is 4.99 Å². The van der Waals surface area contributed by atoms with Crippen molar-refractivity contribution < 1.29 is 19.1 Å². The van der Waals surface area contributed by atoms with E-state index in [4.69, 9.17) is 9.73 Å². The number of carbonyl (C=O) groups is 3. The van der Waals surface area contributed by atoms with Crippen LogP contribution in [0.5, 0.6) is 0 Å². The number of aliphatic imine (C=N–C) groups is 2. The molecule has 0 radical (unpaired) electrons. The van der Waals surface area contributed by atoms with Crippen LogP contribution in [0, 0.1) is 5.92 Å². The molecule has 0 spiro atoms. The lowest BCUT2D eigenvalue weighted by molar-refractivity contribution is -0.144. The zero-order valence-electron chi connectivity index (χ0n) is 20.3. The molecule has 182 valence electrons. The molecule has 0 saturated carbocycles. The number of amidine groups is 2. The van der Waals surface area contributed by atoms with Crippen molar-refractivity contribution in [2.75, 3.05) is 13.2 Å². The molecule has 0 saturated heterocycles. The van der Waals surface area contributed by atoms with Crippen LogP contribution in [-0.2, 0) is 19.1 Å². The minimum Gasteiger partial charge on any atom is -0.465 e. The highest BCUT2D eigenvalue weighted by Gasteiger charge is 2.43. The quantitative estimate of drug-likeness (QED) is 0.563. The number of ether oxygens (including phenoxy) is 1. The first kappa shape index (κ1) is 24.3. The van der Waals surface area contributed by atoms with Gasteiger partial charge in [0.1, 0.15) is 23.8 Å². The summed E-state index contributed by atoms with van der Waals surface area (Å²) in [6, 6.07) is 9.48. The molecule has 35 heavy (non-hydrogen) atoms. The maximum absolute atomic E-state index is 13.4. The molecule has 3 atom stereocenters. The van der Waals surface area contributed by atoms with Crippen molar-refractivity contribution in [3.8, 4) is 0 Å². The molecular weight excluding hydrogens is 444 g/mol. The summed E-state index contributed by atoms with van der Waals surface area (Å²) < 4.78 is 5.32. The first-order chi connectivity index (χ1) is 17.0. The lowest BCUT2D eigenvalue weighted by Gasteiger charge is -2.40. The highest BCUT2D eigenvalue weighted by molar-refractivity contribution is 6.30. The maximum atomic E-state index is 13.4. The Balaban J connectivity index is 1.83. The molecule has 8 heteroatoms. The van der Waals surface area contributed by atoms with Gasteiger partial charge in [-0.25, -0.2) is 4.99 Å². The van der Waals surface area contributed by atoms with Gasteiger partial charge in [0.15, 0.2) is 0 Å². The molecule has 2 amide bonds. The molecule has 0 bridgehead atoms. The van der Waals surface area contributed by atoms with Crippen molar-refractivity contribution >= 4 is 29.5 Å². The number of nitrogens with zero attached hydrogens (tertiary/aromatic N) is 4. The topological polar surface area (TPSA) is 91.6 Å². The molecular formula is C27H30N4O4. The van der Waals surface area contributed by atoms with Crippen molar-refractivity contribution in [3.05, 3.63) is 72.0 Å². The number of amides is 2. The monoisotopic (exact) mass is 474 g/mol. The van der Waals surface area contributed by atoms with Crippen LogP contribution < -0.4 is 0 Å². The number of carbonyl (C=O) groups excluding carboxylic acids is 3. The minimum absolute atomic E-state index is 0.172. The summed E-state index contributed by atoms with van der Waals surface area (Å²) in [5.74, 6) is -1.90. The van der Waals surface area contributed by atoms with E-state index in [9.17, 15) is 14.4 Å². The molecule has 3 aliphatic heterocycles. The van der Waals surface area contributed by atoms with Gasteiger partial charge >= 0.3 is 5.97 Å². The highest BCUT2D eigenvalue weighted by atomic mass is 16.5. The van der Waals surface area contributed by atoms with Gasteiger partial charge in [0.25, 0.3) is 11.8 Å². The zero-order valence-corrected chi connectivity index (χ0v) is 20.3. The summed E-state index contributed by atoms with van der Waals surface area (Å²) in [6.45, 7) is 6.25. The lowest BCUT2D eigenvalue weighted by Crippen LogP contribution is -2.54. The third kappa shape index (κ3) is 4.73. The van der Waals surface area contributed by atoms with Crippen molar-refractivity contribution in [2.24, 2.45) is 15.9 Å². The standard InChI is InChI=1S/C27H30N4O4/c1-4-15-31-23-20(26(33)30-16-11-10-14-22(30)28-23)17-21(27(34)35-6-3)24(31)29-25(32)19(5-2)18-12-8-7-9-13-18/h7-14,16-17,19,21-22H,4-6,15H2,1-3H3. The fourth-order valence-electron chi connectivity index (χ4n) is 4.50. The summed E-state index contributed by atoms with van der Waals surface area (Å²) in [6.07, 6.45) is 9.43. The zero-order chi connectivity index (χ0) is 24.9. The van der Waals surface area contributed by atoms with Gasteiger partial charge in [0.2, 0.25) is 0 Å². The maximum Gasteiger partial charge on any atom is 0.320 e. The van der Waals surface area contributed by atoms with E-state index in [0.717, 1.165) is 5.56 Å². The third-order valence-electron chi connectivity index (χ3n) is 6.15. The molecule has 0 N–H and O–H groups in total. The fraction of sp³-hybridized carbons (Fsp3) is 0.370. The Morgan fingerprint density at radius 1 is 1.14 bits per heavy atom. The van der Waals surface area contributed by atoms with Crippen molar-refractivity contribution in [1.29, 1.82) is 0 Å². The summed E-state index contributed by atoms with van der Waals surface area (Å²) in [4.78, 5) is 52.4. The summed E-state index contributed by atoms with van der Waals surface area (Å²) >= 11 is 0. The predicted molar refractivity (Wildman–Crippen MR) is 133 cm³/mol. The van der Waals surface area contributed by atoms with Crippen LogP contribution in [0.1, 0.15) is 45.1 Å². The van der Waals surface area contributed by atoms with E-state index >= 15 is 0 Å². The second kappa shape index (κ2) is 10.6. The number of hydrogen-bond acceptors (Lipinski definition) is 5. The van der Waals surface area contributed by atoms with Gasteiger partial charge < -0.3 is 9.64 Å². The van der Waals surface area contributed by atoms with E-state index in [1.807, 2.05) is 56.3 Å². The Labute approximate surface area is 205 Å². The molecule has 1 aromatic rings. The van der Waals surface area contributed by atoms with Crippen LogP contribution in [0.2, 0.25) is 0 Å². The molecule has 1 aromatic carbocycles. The Morgan fingerprint density at radius 2 is 1.91 bits per heavy atom. The van der Waals surface area contributed by atoms with Crippen LogP contribution >= 0.6 is 0 Å². The number of hydrogen-bond donors (Lipinski definition) is 0. The van der Waals surface area contributed by atoms with Gasteiger partial charge in [-0.05, 0) is 43.6 Å². The fourth-order valence-corrected chi connectivity index (χ4v) is 4.50. The minimum atomic E-state index is -0.988. The van der Waals surface area contributed by atoms with Gasteiger partial charge in [-0.15, -0.1) is 0 Å². The molecule has 0 fully saturated rings. The molecule has 3 aliphatic rings. The molecule has 0 aliphatic carbocycles. The van der Waals surface area contributed by atoms with Crippen LogP contribution in [0.4, 0.5) is 0 Å². The third-order valence-corrected chi connectivity index (χ3v) is 6.15. The van der Waals surface area contributed by atoms with E-state index in [-0.39, 0.29) is 24.3 Å². The molecule has 0 aromatic heterocycles.